The van der Waals surface area contributed by atoms with Crippen LogP contribution in [0.1, 0.15) is 23.6 Å². The van der Waals surface area contributed by atoms with Crippen LogP contribution in [0.5, 0.6) is 0 Å². The second kappa shape index (κ2) is 9.41. The maximum absolute atomic E-state index is 11.8. The summed E-state index contributed by atoms with van der Waals surface area (Å²) in [6.45, 7) is 10.9. The summed E-state index contributed by atoms with van der Waals surface area (Å²) in [5, 5.41) is -0.0730. The first-order chi connectivity index (χ1) is 12.4. The van der Waals surface area contributed by atoms with Gasteiger partial charge in [-0.2, -0.15) is 0 Å². The Balaban J connectivity index is 2.07. The molecule has 0 spiro atoms. The van der Waals surface area contributed by atoms with E-state index in [4.69, 9.17) is 0 Å². The summed E-state index contributed by atoms with van der Waals surface area (Å²) in [6, 6.07) is 13.8. The van der Waals surface area contributed by atoms with Crippen molar-refractivity contribution in [2.24, 2.45) is 0 Å². The smallest absolute Gasteiger partial charge is 0.219 e. The number of rotatable bonds is 6. The lowest BCUT2D eigenvalue weighted by molar-refractivity contribution is -0.108. The number of aryl methyl sites for hydroxylation is 1. The normalized spacial score (nSPS) is 10.7. The van der Waals surface area contributed by atoms with Gasteiger partial charge < -0.3 is 0 Å². The van der Waals surface area contributed by atoms with E-state index in [1.54, 1.807) is 6.92 Å². The van der Waals surface area contributed by atoms with E-state index < -0.39 is 0 Å². The van der Waals surface area contributed by atoms with Crippen molar-refractivity contribution in [1.82, 2.24) is 0 Å². The van der Waals surface area contributed by atoms with Gasteiger partial charge in [-0.3, -0.25) is 9.59 Å². The van der Waals surface area contributed by atoms with Crippen molar-refractivity contribution >= 4 is 45.9 Å². The molecule has 132 valence electrons. The zero-order valence-corrected chi connectivity index (χ0v) is 16.5. The summed E-state index contributed by atoms with van der Waals surface area (Å²) in [7, 11) is 0. The minimum Gasteiger partial charge on any atom is -0.282 e. The predicted molar refractivity (Wildman–Crippen MR) is 113 cm³/mol. The van der Waals surface area contributed by atoms with Crippen molar-refractivity contribution in [2.45, 2.75) is 23.6 Å². The van der Waals surface area contributed by atoms with Crippen molar-refractivity contribution < 1.29 is 9.59 Å². The van der Waals surface area contributed by atoms with E-state index in [2.05, 4.69) is 19.2 Å². The summed E-state index contributed by atoms with van der Waals surface area (Å²) < 4.78 is 0. The van der Waals surface area contributed by atoms with E-state index >= 15 is 0 Å². The third-order valence-corrected chi connectivity index (χ3v) is 5.57. The molecule has 2 nitrogen and oxygen atoms in total. The Morgan fingerprint density at radius 3 is 2.15 bits per heavy atom. The van der Waals surface area contributed by atoms with Crippen LogP contribution in [0.2, 0.25) is 0 Å². The highest BCUT2D eigenvalue weighted by atomic mass is 32.2. The van der Waals surface area contributed by atoms with E-state index in [9.17, 15) is 9.59 Å². The molecule has 0 heterocycles. The van der Waals surface area contributed by atoms with Gasteiger partial charge in [-0.25, -0.2) is 0 Å². The van der Waals surface area contributed by atoms with Gasteiger partial charge in [0.1, 0.15) is 0 Å². The summed E-state index contributed by atoms with van der Waals surface area (Å²) in [5.41, 5.74) is 3.72. The van der Waals surface area contributed by atoms with Gasteiger partial charge in [0.15, 0.2) is 0 Å². The quantitative estimate of drug-likeness (QED) is 0.341. The molecule has 0 aromatic heterocycles. The standard InChI is InChI=1S/C22H20O2S2/c1-5-21(23)25-19-11-8-17(9-12-19)6-7-18-10-13-20(16(4)14-18)26-22(24)15(2)3/h5-14H,1-2H2,3-4H3. The molecule has 2 rings (SSSR count). The molecule has 0 aliphatic carbocycles. The first kappa shape index (κ1) is 20.0. The van der Waals surface area contributed by atoms with Crippen molar-refractivity contribution in [3.63, 3.8) is 0 Å². The Kier molecular flexibility index (Phi) is 7.25. The van der Waals surface area contributed by atoms with Gasteiger partial charge in [0.25, 0.3) is 0 Å². The summed E-state index contributed by atoms with van der Waals surface area (Å²) in [4.78, 5) is 25.0. The van der Waals surface area contributed by atoms with Crippen LogP contribution in [0.3, 0.4) is 0 Å². The summed E-state index contributed by atoms with van der Waals surface area (Å²) in [5.74, 6) is 0. The maximum Gasteiger partial charge on any atom is 0.219 e. The van der Waals surface area contributed by atoms with Crippen LogP contribution in [0, 0.1) is 6.92 Å². The zero-order chi connectivity index (χ0) is 19.1. The maximum atomic E-state index is 11.8. The molecule has 0 amide bonds. The molecule has 0 atom stereocenters. The zero-order valence-electron chi connectivity index (χ0n) is 14.8. The van der Waals surface area contributed by atoms with Crippen LogP contribution < -0.4 is 0 Å². The fourth-order valence-electron chi connectivity index (χ4n) is 2.08. The minimum absolute atomic E-state index is 0.00992. The molecule has 2 aromatic carbocycles. The van der Waals surface area contributed by atoms with Crippen LogP contribution in [0.25, 0.3) is 12.2 Å². The highest BCUT2D eigenvalue weighted by molar-refractivity contribution is 8.14. The summed E-state index contributed by atoms with van der Waals surface area (Å²) in [6.07, 6.45) is 5.36. The topological polar surface area (TPSA) is 34.1 Å². The second-order valence-corrected chi connectivity index (χ2v) is 7.82. The van der Waals surface area contributed by atoms with Gasteiger partial charge >= 0.3 is 0 Å². The molecule has 0 saturated carbocycles. The molecule has 0 aliphatic heterocycles. The molecule has 0 N–H and O–H groups in total. The fourth-order valence-corrected chi connectivity index (χ4v) is 3.39. The van der Waals surface area contributed by atoms with E-state index in [0.29, 0.717) is 5.57 Å². The molecule has 0 radical (unpaired) electrons. The van der Waals surface area contributed by atoms with Crippen molar-refractivity contribution in [3.8, 4) is 0 Å². The van der Waals surface area contributed by atoms with Crippen LogP contribution in [0.15, 0.2) is 77.1 Å². The molecular weight excluding hydrogens is 360 g/mol. The first-order valence-electron chi connectivity index (χ1n) is 8.00. The molecular formula is C22H20O2S2. The number of thioether (sulfide) groups is 2. The molecule has 0 aliphatic rings. The lowest BCUT2D eigenvalue weighted by atomic mass is 10.1. The highest BCUT2D eigenvalue weighted by Crippen LogP contribution is 2.27. The molecule has 0 unspecified atom stereocenters. The van der Waals surface area contributed by atoms with Gasteiger partial charge in [-0.05, 0) is 83.9 Å². The Morgan fingerprint density at radius 2 is 1.58 bits per heavy atom. The van der Waals surface area contributed by atoms with E-state index in [1.807, 2.05) is 55.5 Å². The van der Waals surface area contributed by atoms with E-state index in [1.165, 1.54) is 17.8 Å². The number of carbonyl (C=O) groups is 2. The van der Waals surface area contributed by atoms with Crippen molar-refractivity contribution in [3.05, 3.63) is 84.0 Å². The average Bonchev–Trinajstić information content (AvgIpc) is 2.62. The van der Waals surface area contributed by atoms with Crippen LogP contribution in [-0.2, 0) is 9.59 Å². The van der Waals surface area contributed by atoms with Crippen LogP contribution in [-0.4, -0.2) is 10.2 Å². The molecule has 2 aromatic rings. The predicted octanol–water partition coefficient (Wildman–Crippen LogP) is 6.16. The van der Waals surface area contributed by atoms with Crippen molar-refractivity contribution in [1.29, 1.82) is 0 Å². The first-order valence-corrected chi connectivity index (χ1v) is 9.63. The largest absolute Gasteiger partial charge is 0.282 e. The third kappa shape index (κ3) is 5.90. The van der Waals surface area contributed by atoms with Crippen LogP contribution in [0.4, 0.5) is 0 Å². The lowest BCUT2D eigenvalue weighted by Crippen LogP contribution is -1.92. The molecule has 0 saturated heterocycles. The van der Waals surface area contributed by atoms with Gasteiger partial charge in [0.05, 0.1) is 0 Å². The van der Waals surface area contributed by atoms with Gasteiger partial charge in [0.2, 0.25) is 10.2 Å². The lowest BCUT2D eigenvalue weighted by Gasteiger charge is -2.05. The monoisotopic (exact) mass is 380 g/mol. The Bertz CT molecular complexity index is 878. The SMILES string of the molecule is C=CC(=O)Sc1ccc(C=Cc2ccc(SC(=O)C(=C)C)c(C)c2)cc1. The average molecular weight is 381 g/mol. The molecule has 26 heavy (non-hydrogen) atoms. The number of hydrogen-bond acceptors (Lipinski definition) is 4. The van der Waals surface area contributed by atoms with Crippen LogP contribution >= 0.6 is 23.5 Å². The Hall–Kier alpha value is -2.30. The van der Waals surface area contributed by atoms with Crippen molar-refractivity contribution in [2.75, 3.05) is 0 Å². The minimum atomic E-state index is -0.0631. The molecule has 4 heteroatoms. The third-order valence-electron chi connectivity index (χ3n) is 3.48. The second-order valence-electron chi connectivity index (χ2n) is 5.72. The van der Waals surface area contributed by atoms with Gasteiger partial charge in [-0.1, -0.05) is 49.6 Å². The van der Waals surface area contributed by atoms with Gasteiger partial charge in [0, 0.05) is 9.79 Å². The molecule has 0 bridgehead atoms. The number of carbonyl (C=O) groups excluding carboxylic acids is 2. The number of hydrogen-bond donors (Lipinski definition) is 0. The fraction of sp³-hybridized carbons (Fsp3) is 0.0909. The van der Waals surface area contributed by atoms with E-state index in [0.717, 1.165) is 38.2 Å². The van der Waals surface area contributed by atoms with Gasteiger partial charge in [-0.15, -0.1) is 0 Å². The highest BCUT2D eigenvalue weighted by Gasteiger charge is 2.07. The Labute approximate surface area is 163 Å². The number of benzene rings is 2. The Morgan fingerprint density at radius 1 is 0.962 bits per heavy atom. The summed E-state index contributed by atoms with van der Waals surface area (Å²) >= 11 is 2.37. The van der Waals surface area contributed by atoms with E-state index in [-0.39, 0.29) is 10.2 Å². The molecule has 0 fully saturated rings.